The molecule has 0 aliphatic rings. The fourth-order valence-corrected chi connectivity index (χ4v) is 3.19. The zero-order valence-corrected chi connectivity index (χ0v) is 13.6. The van der Waals surface area contributed by atoms with Gasteiger partial charge in [0.2, 0.25) is 16.6 Å². The number of benzene rings is 1. The Labute approximate surface area is 141 Å². The quantitative estimate of drug-likeness (QED) is 0.653. The van der Waals surface area contributed by atoms with E-state index < -0.39 is 28.9 Å². The first-order valence-corrected chi connectivity index (χ1v) is 7.92. The summed E-state index contributed by atoms with van der Waals surface area (Å²) in [6, 6.07) is 1.85. The van der Waals surface area contributed by atoms with Crippen LogP contribution >= 0.6 is 11.6 Å². The van der Waals surface area contributed by atoms with Crippen LogP contribution in [0.3, 0.4) is 0 Å². The summed E-state index contributed by atoms with van der Waals surface area (Å²) in [4.78, 5) is -0.324. The molecule has 0 saturated carbocycles. The Balaban J connectivity index is 2.70. The SMILES string of the molecule is Cc1cc(C(F)(F)F)cc(Cl)c1-n1nc(C#N)c([S+]([O-])CF)c1N. The molecule has 0 bridgehead atoms. The highest BCUT2D eigenvalue weighted by Gasteiger charge is 2.33. The van der Waals surface area contributed by atoms with Gasteiger partial charge in [-0.2, -0.15) is 22.8 Å². The molecule has 1 heterocycles. The van der Waals surface area contributed by atoms with Crippen LogP contribution < -0.4 is 5.73 Å². The summed E-state index contributed by atoms with van der Waals surface area (Å²) in [6.45, 7) is 1.34. The van der Waals surface area contributed by atoms with Crippen molar-refractivity contribution in [2.45, 2.75) is 18.0 Å². The van der Waals surface area contributed by atoms with Crippen LogP contribution in [-0.2, 0) is 17.4 Å². The lowest BCUT2D eigenvalue weighted by Crippen LogP contribution is -2.11. The Bertz CT molecular complexity index is 808. The number of alkyl halides is 4. The normalized spacial score (nSPS) is 12.9. The molecule has 1 unspecified atom stereocenters. The molecule has 1 aromatic heterocycles. The molecule has 1 atom stereocenters. The van der Waals surface area contributed by atoms with Crippen LogP contribution in [0.1, 0.15) is 16.8 Å². The molecule has 128 valence electrons. The number of halogens is 5. The topological polar surface area (TPSA) is 90.7 Å². The third-order valence-corrected chi connectivity index (χ3v) is 4.45. The van der Waals surface area contributed by atoms with E-state index in [2.05, 4.69) is 5.10 Å². The van der Waals surface area contributed by atoms with E-state index in [9.17, 15) is 22.1 Å². The predicted octanol–water partition coefficient (Wildman–Crippen LogP) is 3.34. The predicted molar refractivity (Wildman–Crippen MR) is 79.8 cm³/mol. The molecule has 24 heavy (non-hydrogen) atoms. The third-order valence-electron chi connectivity index (χ3n) is 3.10. The molecule has 0 radical (unpaired) electrons. The highest BCUT2D eigenvalue weighted by atomic mass is 35.5. The molecule has 0 amide bonds. The summed E-state index contributed by atoms with van der Waals surface area (Å²) in [6.07, 6.45) is -4.60. The van der Waals surface area contributed by atoms with Gasteiger partial charge in [-0.3, -0.25) is 0 Å². The first kappa shape index (κ1) is 18.4. The molecule has 11 heteroatoms. The van der Waals surface area contributed by atoms with Gasteiger partial charge in [0.25, 0.3) is 0 Å². The Kier molecular flexibility index (Phi) is 4.98. The highest BCUT2D eigenvalue weighted by molar-refractivity contribution is 7.91. The Morgan fingerprint density at radius 3 is 2.54 bits per heavy atom. The molecular formula is C13H9ClF4N4OS. The van der Waals surface area contributed by atoms with Crippen LogP contribution in [-0.4, -0.2) is 20.3 Å². The second kappa shape index (κ2) is 6.51. The molecule has 0 saturated heterocycles. The van der Waals surface area contributed by atoms with Crippen molar-refractivity contribution in [1.82, 2.24) is 9.78 Å². The van der Waals surface area contributed by atoms with Crippen LogP contribution in [0.15, 0.2) is 17.0 Å². The van der Waals surface area contributed by atoms with E-state index in [0.29, 0.717) is 6.07 Å². The van der Waals surface area contributed by atoms with Crippen molar-refractivity contribution >= 4 is 28.6 Å². The number of aromatic nitrogens is 2. The largest absolute Gasteiger partial charge is 0.609 e. The molecule has 0 aliphatic carbocycles. The molecular weight excluding hydrogens is 372 g/mol. The fraction of sp³-hybridized carbons (Fsp3) is 0.231. The van der Waals surface area contributed by atoms with E-state index in [0.717, 1.165) is 10.7 Å². The number of anilines is 1. The van der Waals surface area contributed by atoms with Crippen molar-refractivity contribution in [3.05, 3.63) is 34.0 Å². The van der Waals surface area contributed by atoms with E-state index >= 15 is 0 Å². The first-order valence-electron chi connectivity index (χ1n) is 6.22. The van der Waals surface area contributed by atoms with Gasteiger partial charge in [-0.1, -0.05) is 11.6 Å². The van der Waals surface area contributed by atoms with Crippen LogP contribution in [0.5, 0.6) is 0 Å². The minimum atomic E-state index is -4.60. The maximum Gasteiger partial charge on any atom is 0.416 e. The van der Waals surface area contributed by atoms with Crippen LogP contribution in [0.2, 0.25) is 5.02 Å². The summed E-state index contributed by atoms with van der Waals surface area (Å²) in [5, 5.41) is 12.5. The summed E-state index contributed by atoms with van der Waals surface area (Å²) < 4.78 is 63.7. The average Bonchev–Trinajstić information content (AvgIpc) is 2.81. The molecule has 2 rings (SSSR count). The van der Waals surface area contributed by atoms with Gasteiger partial charge in [0.05, 0.1) is 16.3 Å². The number of aryl methyl sites for hydroxylation is 1. The zero-order chi connectivity index (χ0) is 18.2. The van der Waals surface area contributed by atoms with Crippen molar-refractivity contribution < 1.29 is 22.1 Å². The minimum absolute atomic E-state index is 0.0132. The molecule has 0 aliphatic heterocycles. The van der Waals surface area contributed by atoms with E-state index in [-0.39, 0.29) is 32.7 Å². The molecule has 1 aromatic carbocycles. The van der Waals surface area contributed by atoms with E-state index in [1.807, 2.05) is 0 Å². The Morgan fingerprint density at radius 2 is 2.08 bits per heavy atom. The van der Waals surface area contributed by atoms with Gasteiger partial charge in [-0.15, -0.1) is 5.10 Å². The van der Waals surface area contributed by atoms with E-state index in [1.54, 1.807) is 6.07 Å². The van der Waals surface area contributed by atoms with Gasteiger partial charge in [0.1, 0.15) is 6.07 Å². The van der Waals surface area contributed by atoms with E-state index in [4.69, 9.17) is 22.6 Å². The van der Waals surface area contributed by atoms with Crippen molar-refractivity contribution in [3.8, 4) is 11.8 Å². The lowest BCUT2D eigenvalue weighted by molar-refractivity contribution is -0.137. The van der Waals surface area contributed by atoms with Gasteiger partial charge in [-0.25, -0.2) is 4.68 Å². The minimum Gasteiger partial charge on any atom is -0.609 e. The van der Waals surface area contributed by atoms with E-state index in [1.165, 1.54) is 6.92 Å². The van der Waals surface area contributed by atoms with Crippen molar-refractivity contribution in [2.24, 2.45) is 0 Å². The third kappa shape index (κ3) is 3.15. The van der Waals surface area contributed by atoms with Gasteiger partial charge in [0, 0.05) is 11.2 Å². The second-order valence-corrected chi connectivity index (χ2v) is 6.39. The summed E-state index contributed by atoms with van der Waals surface area (Å²) in [5.74, 6) is -0.327. The van der Waals surface area contributed by atoms with Crippen LogP contribution in [0, 0.1) is 18.3 Å². The number of nitrogens with zero attached hydrogens (tertiary/aromatic N) is 3. The lowest BCUT2D eigenvalue weighted by Gasteiger charge is -2.14. The van der Waals surface area contributed by atoms with Crippen molar-refractivity contribution in [3.63, 3.8) is 0 Å². The maximum absolute atomic E-state index is 12.8. The maximum atomic E-state index is 12.8. The molecule has 2 aromatic rings. The number of hydrogen-bond donors (Lipinski definition) is 1. The monoisotopic (exact) mass is 380 g/mol. The highest BCUT2D eigenvalue weighted by Crippen LogP contribution is 2.37. The zero-order valence-electron chi connectivity index (χ0n) is 12.0. The Morgan fingerprint density at radius 1 is 1.46 bits per heavy atom. The lowest BCUT2D eigenvalue weighted by atomic mass is 10.1. The van der Waals surface area contributed by atoms with Crippen LogP contribution in [0.4, 0.5) is 23.4 Å². The van der Waals surface area contributed by atoms with Gasteiger partial charge in [0.15, 0.2) is 5.82 Å². The first-order chi connectivity index (χ1) is 11.1. The average molecular weight is 381 g/mol. The summed E-state index contributed by atoms with van der Waals surface area (Å²) in [7, 11) is 0. The molecule has 2 N–H and O–H groups in total. The second-order valence-electron chi connectivity index (χ2n) is 4.66. The number of nitriles is 1. The molecule has 0 spiro atoms. The van der Waals surface area contributed by atoms with Gasteiger partial charge < -0.3 is 10.3 Å². The van der Waals surface area contributed by atoms with Gasteiger partial charge >= 0.3 is 6.18 Å². The molecule has 5 nitrogen and oxygen atoms in total. The standard InChI is InChI=1S/C13H9ClF4N4OS/c1-6-2-7(13(16,17)18)3-8(14)10(6)22-12(20)11(24(23)5-15)9(4-19)21-22/h2-3H,5,20H2,1H3. The molecule has 0 fully saturated rings. The van der Waals surface area contributed by atoms with Gasteiger partial charge in [-0.05, 0) is 24.6 Å². The van der Waals surface area contributed by atoms with Crippen LogP contribution in [0.25, 0.3) is 5.69 Å². The Hall–Kier alpha value is -1.96. The number of rotatable bonds is 3. The number of nitrogen functional groups attached to an aromatic ring is 1. The van der Waals surface area contributed by atoms with Crippen molar-refractivity contribution in [2.75, 3.05) is 11.7 Å². The summed E-state index contributed by atoms with van der Waals surface area (Å²) >= 11 is 3.70. The number of hydrogen-bond acceptors (Lipinski definition) is 4. The smallest absolute Gasteiger partial charge is 0.416 e. The number of nitrogens with two attached hydrogens (primary N) is 1. The summed E-state index contributed by atoms with van der Waals surface area (Å²) in [5.41, 5.74) is 4.47. The fourth-order valence-electron chi connectivity index (χ4n) is 2.11. The van der Waals surface area contributed by atoms with Crippen molar-refractivity contribution in [1.29, 1.82) is 5.26 Å².